The average Bonchev–Trinajstić information content (AvgIpc) is 2.64. The number of nitrogens with zero attached hydrogens (tertiary/aromatic N) is 1. The summed E-state index contributed by atoms with van der Waals surface area (Å²) in [6.45, 7) is 4.51. The molecule has 0 unspecified atom stereocenters. The number of carbonyl (C=O) groups excluding carboxylic acids is 1. The Morgan fingerprint density at radius 2 is 1.86 bits per heavy atom. The quantitative estimate of drug-likeness (QED) is 0.925. The number of anilines is 1. The van der Waals surface area contributed by atoms with Gasteiger partial charge in [0.25, 0.3) is 5.91 Å². The van der Waals surface area contributed by atoms with Crippen molar-refractivity contribution in [1.82, 2.24) is 0 Å². The maximum absolute atomic E-state index is 12.2. The van der Waals surface area contributed by atoms with E-state index in [0.29, 0.717) is 6.61 Å². The number of phenolic OH excluding ortho intramolecular Hbond substituents is 1. The van der Waals surface area contributed by atoms with Crippen LogP contribution in [0.2, 0.25) is 0 Å². The van der Waals surface area contributed by atoms with Crippen molar-refractivity contribution in [3.05, 3.63) is 48.0 Å². The van der Waals surface area contributed by atoms with Crippen molar-refractivity contribution in [1.29, 1.82) is 0 Å². The Balaban J connectivity index is 2.06. The zero-order valence-corrected chi connectivity index (χ0v) is 12.7. The number of carbonyl (C=O) groups is 1. The van der Waals surface area contributed by atoms with Crippen LogP contribution in [0.25, 0.3) is 11.1 Å². The lowest BCUT2D eigenvalue weighted by Gasteiger charge is -2.26. The summed E-state index contributed by atoms with van der Waals surface area (Å²) in [6, 6.07) is 13.2. The molecule has 0 saturated carbocycles. The molecule has 2 aromatic rings. The molecule has 2 aromatic carbocycles. The summed E-state index contributed by atoms with van der Waals surface area (Å²) in [5, 5.41) is 9.63. The molecule has 0 fully saturated rings. The van der Waals surface area contributed by atoms with Crippen LogP contribution >= 0.6 is 0 Å². The van der Waals surface area contributed by atoms with Crippen LogP contribution in [0.1, 0.15) is 19.4 Å². The number of hydrogen-bond acceptors (Lipinski definition) is 3. The van der Waals surface area contributed by atoms with E-state index in [-0.39, 0.29) is 24.3 Å². The Hall–Kier alpha value is -2.33. The Kier molecular flexibility index (Phi) is 3.86. The average molecular weight is 297 g/mol. The molecule has 1 amide bonds. The minimum absolute atomic E-state index is 0.0149. The Bertz CT molecular complexity index is 709. The highest BCUT2D eigenvalue weighted by atomic mass is 16.5. The van der Waals surface area contributed by atoms with Gasteiger partial charge < -0.3 is 14.7 Å². The van der Waals surface area contributed by atoms with Gasteiger partial charge in [0.05, 0.1) is 6.61 Å². The lowest BCUT2D eigenvalue weighted by Crippen LogP contribution is -2.38. The van der Waals surface area contributed by atoms with Gasteiger partial charge in [-0.3, -0.25) is 4.79 Å². The Labute approximate surface area is 130 Å². The van der Waals surface area contributed by atoms with E-state index in [1.54, 1.807) is 17.0 Å². The number of phenols is 1. The van der Waals surface area contributed by atoms with Gasteiger partial charge in [-0.25, -0.2) is 0 Å². The van der Waals surface area contributed by atoms with Gasteiger partial charge in [-0.05, 0) is 49.2 Å². The summed E-state index contributed by atoms with van der Waals surface area (Å²) in [5.41, 5.74) is 3.83. The molecule has 22 heavy (non-hydrogen) atoms. The van der Waals surface area contributed by atoms with E-state index in [2.05, 4.69) is 0 Å². The van der Waals surface area contributed by atoms with Crippen molar-refractivity contribution in [3.63, 3.8) is 0 Å². The number of aromatic hydroxyl groups is 1. The third-order valence-electron chi connectivity index (χ3n) is 3.79. The van der Waals surface area contributed by atoms with E-state index in [0.717, 1.165) is 22.4 Å². The van der Waals surface area contributed by atoms with Crippen LogP contribution in [0, 0.1) is 0 Å². The molecule has 1 aliphatic heterocycles. The lowest BCUT2D eigenvalue weighted by molar-refractivity contribution is -0.123. The second kappa shape index (κ2) is 5.81. The number of ether oxygens (including phenoxy) is 1. The molecule has 0 aliphatic carbocycles. The smallest absolute Gasteiger partial charge is 0.253 e. The van der Waals surface area contributed by atoms with Gasteiger partial charge in [0.1, 0.15) is 12.4 Å². The third-order valence-corrected chi connectivity index (χ3v) is 3.79. The first kappa shape index (κ1) is 14.6. The zero-order valence-electron chi connectivity index (χ0n) is 12.7. The summed E-state index contributed by atoms with van der Waals surface area (Å²) in [4.78, 5) is 14.0. The Morgan fingerprint density at radius 3 is 2.59 bits per heavy atom. The second-order valence-corrected chi connectivity index (χ2v) is 5.74. The molecule has 1 N–H and O–H groups in total. The van der Waals surface area contributed by atoms with Crippen LogP contribution in [-0.2, 0) is 16.1 Å². The van der Waals surface area contributed by atoms with Crippen LogP contribution in [-0.4, -0.2) is 23.7 Å². The molecule has 0 bridgehead atoms. The summed E-state index contributed by atoms with van der Waals surface area (Å²) < 4.78 is 5.49. The molecule has 0 aromatic heterocycles. The number of hydrogen-bond donors (Lipinski definition) is 1. The molecule has 0 spiro atoms. The summed E-state index contributed by atoms with van der Waals surface area (Å²) in [6.07, 6.45) is 0. The number of amides is 1. The highest BCUT2D eigenvalue weighted by molar-refractivity contribution is 5.96. The molecule has 3 rings (SSSR count). The van der Waals surface area contributed by atoms with Crippen molar-refractivity contribution >= 4 is 11.6 Å². The van der Waals surface area contributed by atoms with Crippen molar-refractivity contribution in [2.45, 2.75) is 26.5 Å². The van der Waals surface area contributed by atoms with Crippen molar-refractivity contribution in [3.8, 4) is 16.9 Å². The standard InChI is InChI=1S/C18H19NO3/c1-12(2)19-17-7-6-14(13-4-3-5-16(20)9-13)8-15(17)10-22-11-18(19)21/h3-9,12,20H,10-11H2,1-2H3. The molecular formula is C18H19NO3. The fourth-order valence-corrected chi connectivity index (χ4v) is 2.82. The third kappa shape index (κ3) is 2.70. The van der Waals surface area contributed by atoms with Crippen LogP contribution in [0.3, 0.4) is 0 Å². The minimum atomic E-state index is -0.0149. The van der Waals surface area contributed by atoms with E-state index in [1.807, 2.05) is 44.2 Å². The predicted octanol–water partition coefficient (Wildman–Crippen LogP) is 3.33. The molecule has 114 valence electrons. The number of rotatable bonds is 2. The molecule has 0 saturated heterocycles. The highest BCUT2D eigenvalue weighted by Gasteiger charge is 2.25. The van der Waals surface area contributed by atoms with Crippen molar-refractivity contribution in [2.75, 3.05) is 11.5 Å². The molecule has 1 aliphatic rings. The molecule has 4 heteroatoms. The molecule has 0 radical (unpaired) electrons. The fourth-order valence-electron chi connectivity index (χ4n) is 2.82. The normalized spacial score (nSPS) is 14.9. The fraction of sp³-hybridized carbons (Fsp3) is 0.278. The van der Waals surface area contributed by atoms with E-state index >= 15 is 0 Å². The van der Waals surface area contributed by atoms with E-state index in [4.69, 9.17) is 4.74 Å². The van der Waals surface area contributed by atoms with Gasteiger partial charge in [0.15, 0.2) is 0 Å². The molecule has 0 atom stereocenters. The highest BCUT2D eigenvalue weighted by Crippen LogP contribution is 2.32. The first-order valence-electron chi connectivity index (χ1n) is 7.38. The SMILES string of the molecule is CC(C)N1C(=O)COCc2cc(-c3cccc(O)c3)ccc21. The zero-order chi connectivity index (χ0) is 15.7. The summed E-state index contributed by atoms with van der Waals surface area (Å²) >= 11 is 0. The van der Waals surface area contributed by atoms with Gasteiger partial charge in [0.2, 0.25) is 0 Å². The van der Waals surface area contributed by atoms with Crippen molar-refractivity contribution in [2.24, 2.45) is 0 Å². The molecule has 4 nitrogen and oxygen atoms in total. The van der Waals surface area contributed by atoms with Gasteiger partial charge in [0, 0.05) is 17.3 Å². The lowest BCUT2D eigenvalue weighted by atomic mass is 10.0. The Morgan fingerprint density at radius 1 is 1.09 bits per heavy atom. The summed E-state index contributed by atoms with van der Waals surface area (Å²) in [7, 11) is 0. The monoisotopic (exact) mass is 297 g/mol. The van der Waals surface area contributed by atoms with E-state index < -0.39 is 0 Å². The second-order valence-electron chi connectivity index (χ2n) is 5.74. The molecule has 1 heterocycles. The van der Waals surface area contributed by atoms with Gasteiger partial charge >= 0.3 is 0 Å². The van der Waals surface area contributed by atoms with Crippen LogP contribution < -0.4 is 4.90 Å². The molecular weight excluding hydrogens is 278 g/mol. The minimum Gasteiger partial charge on any atom is -0.508 e. The van der Waals surface area contributed by atoms with E-state index in [1.165, 1.54) is 0 Å². The number of benzene rings is 2. The maximum atomic E-state index is 12.2. The van der Waals surface area contributed by atoms with Gasteiger partial charge in [-0.1, -0.05) is 18.2 Å². The van der Waals surface area contributed by atoms with Gasteiger partial charge in [-0.2, -0.15) is 0 Å². The van der Waals surface area contributed by atoms with Crippen LogP contribution in [0.4, 0.5) is 5.69 Å². The maximum Gasteiger partial charge on any atom is 0.253 e. The first-order chi connectivity index (χ1) is 10.6. The largest absolute Gasteiger partial charge is 0.508 e. The number of fused-ring (bicyclic) bond motifs is 1. The first-order valence-corrected chi connectivity index (χ1v) is 7.38. The van der Waals surface area contributed by atoms with E-state index in [9.17, 15) is 9.90 Å². The van der Waals surface area contributed by atoms with Crippen LogP contribution in [0.15, 0.2) is 42.5 Å². The van der Waals surface area contributed by atoms with Crippen molar-refractivity contribution < 1.29 is 14.6 Å². The van der Waals surface area contributed by atoms with Crippen LogP contribution in [0.5, 0.6) is 5.75 Å². The summed E-state index contributed by atoms with van der Waals surface area (Å²) in [5.74, 6) is 0.224. The topological polar surface area (TPSA) is 49.8 Å². The van der Waals surface area contributed by atoms with Gasteiger partial charge in [-0.15, -0.1) is 0 Å². The predicted molar refractivity (Wildman–Crippen MR) is 85.8 cm³/mol.